The molecule has 3 aromatic rings. The second kappa shape index (κ2) is 7.35. The third kappa shape index (κ3) is 3.59. The summed E-state index contributed by atoms with van der Waals surface area (Å²) >= 11 is 7.43. The minimum absolute atomic E-state index is 0.142. The zero-order chi connectivity index (χ0) is 19.8. The number of nitrogens with zero attached hydrogens (tertiary/aromatic N) is 1. The van der Waals surface area contributed by atoms with Gasteiger partial charge in [-0.15, -0.1) is 11.3 Å². The lowest BCUT2D eigenvalue weighted by molar-refractivity contribution is 0.284. The van der Waals surface area contributed by atoms with Gasteiger partial charge in [-0.3, -0.25) is 4.72 Å². The van der Waals surface area contributed by atoms with Crippen LogP contribution in [-0.4, -0.2) is 13.4 Å². The molecule has 5 nitrogen and oxygen atoms in total. The van der Waals surface area contributed by atoms with Gasteiger partial charge in [-0.2, -0.15) is 0 Å². The van der Waals surface area contributed by atoms with E-state index in [1.807, 2.05) is 30.3 Å². The number of nitrogens with one attached hydrogen (secondary N) is 2. The van der Waals surface area contributed by atoms with E-state index in [1.54, 1.807) is 5.38 Å². The summed E-state index contributed by atoms with van der Waals surface area (Å²) in [7, 11) is -4.13. The highest BCUT2D eigenvalue weighted by Crippen LogP contribution is 2.45. The average molecular weight is 438 g/mol. The molecule has 1 heterocycles. The highest BCUT2D eigenvalue weighted by atomic mass is 35.5. The molecule has 1 aliphatic rings. The van der Waals surface area contributed by atoms with Crippen molar-refractivity contribution in [3.8, 4) is 0 Å². The van der Waals surface area contributed by atoms with Crippen LogP contribution in [0.1, 0.15) is 24.8 Å². The highest BCUT2D eigenvalue weighted by molar-refractivity contribution is 7.93. The van der Waals surface area contributed by atoms with Gasteiger partial charge < -0.3 is 5.32 Å². The lowest BCUT2D eigenvalue weighted by Gasteiger charge is -2.44. The van der Waals surface area contributed by atoms with Gasteiger partial charge in [0.05, 0.1) is 16.2 Å². The smallest absolute Gasteiger partial charge is 0.266 e. The van der Waals surface area contributed by atoms with E-state index in [-0.39, 0.29) is 15.7 Å². The van der Waals surface area contributed by atoms with E-state index in [0.29, 0.717) is 5.69 Å². The first-order chi connectivity index (χ1) is 13.4. The van der Waals surface area contributed by atoms with E-state index >= 15 is 0 Å². The minimum atomic E-state index is -4.13. The fourth-order valence-corrected chi connectivity index (χ4v) is 5.46. The first-order valence-electron chi connectivity index (χ1n) is 8.65. The zero-order valence-electron chi connectivity index (χ0n) is 14.7. The number of anilines is 2. The quantitative estimate of drug-likeness (QED) is 0.554. The number of thiazole rings is 1. The molecule has 0 saturated heterocycles. The lowest BCUT2D eigenvalue weighted by atomic mass is 9.71. The van der Waals surface area contributed by atoms with Crippen LogP contribution >= 0.6 is 22.9 Å². The fourth-order valence-electron chi connectivity index (χ4n) is 3.31. The molecule has 28 heavy (non-hydrogen) atoms. The molecule has 0 radical (unpaired) electrons. The first kappa shape index (κ1) is 19.2. The summed E-state index contributed by atoms with van der Waals surface area (Å²) in [5.41, 5.74) is 1.15. The van der Waals surface area contributed by atoms with Crippen molar-refractivity contribution < 1.29 is 12.8 Å². The molecule has 2 N–H and O–H groups in total. The normalized spacial score (nSPS) is 15.6. The minimum Gasteiger partial charge on any atom is -0.374 e. The summed E-state index contributed by atoms with van der Waals surface area (Å²) in [4.78, 5) is 3.34. The molecule has 146 valence electrons. The summed E-state index contributed by atoms with van der Waals surface area (Å²) in [6.07, 6.45) is 4.29. The Bertz CT molecular complexity index is 1090. The first-order valence-corrected chi connectivity index (χ1v) is 11.4. The molecule has 0 spiro atoms. The number of rotatable bonds is 6. The predicted molar refractivity (Wildman–Crippen MR) is 110 cm³/mol. The van der Waals surface area contributed by atoms with Crippen LogP contribution in [0.5, 0.6) is 0 Å². The average Bonchev–Trinajstić information content (AvgIpc) is 3.13. The molecule has 0 amide bonds. The van der Waals surface area contributed by atoms with Crippen LogP contribution in [0.15, 0.2) is 58.9 Å². The zero-order valence-corrected chi connectivity index (χ0v) is 17.0. The number of hydrogen-bond acceptors (Lipinski definition) is 5. The Balaban J connectivity index is 1.65. The van der Waals surface area contributed by atoms with Crippen molar-refractivity contribution in [3.05, 3.63) is 70.4 Å². The van der Waals surface area contributed by atoms with Crippen molar-refractivity contribution in [2.75, 3.05) is 10.0 Å². The number of aromatic nitrogens is 1. The Kier molecular flexibility index (Phi) is 5.03. The number of benzene rings is 2. The Morgan fingerprint density at radius 3 is 2.54 bits per heavy atom. The van der Waals surface area contributed by atoms with Gasteiger partial charge in [0.2, 0.25) is 0 Å². The predicted octanol–water partition coefficient (Wildman–Crippen LogP) is 5.23. The van der Waals surface area contributed by atoms with Gasteiger partial charge in [0.15, 0.2) is 5.13 Å². The maximum Gasteiger partial charge on any atom is 0.266 e. The van der Waals surface area contributed by atoms with E-state index in [4.69, 9.17) is 11.6 Å². The topological polar surface area (TPSA) is 71.1 Å². The second-order valence-electron chi connectivity index (χ2n) is 6.63. The molecule has 1 saturated carbocycles. The van der Waals surface area contributed by atoms with Gasteiger partial charge >= 0.3 is 0 Å². The van der Waals surface area contributed by atoms with Crippen LogP contribution in [-0.2, 0) is 15.6 Å². The fraction of sp³-hybridized carbons (Fsp3) is 0.211. The number of sulfonamides is 1. The summed E-state index contributed by atoms with van der Waals surface area (Å²) in [6, 6.07) is 12.2. The molecule has 2 aromatic carbocycles. The van der Waals surface area contributed by atoms with Crippen molar-refractivity contribution in [2.45, 2.75) is 29.7 Å². The Morgan fingerprint density at radius 2 is 1.93 bits per heavy atom. The Labute approximate surface area is 171 Å². The standard InChI is InChI=1S/C19H17ClFN3O2S2/c20-14-11-17(28(25,26)24-18-22-9-10-27-18)15(21)12-16(14)23-19(7-4-8-19)13-5-2-1-3-6-13/h1-3,5-6,9-12,23H,4,7-8H2,(H,22,24). The Hall–Kier alpha value is -2.16. The third-order valence-corrected chi connectivity index (χ3v) is 7.36. The van der Waals surface area contributed by atoms with E-state index < -0.39 is 20.7 Å². The van der Waals surface area contributed by atoms with Crippen LogP contribution in [0.4, 0.5) is 15.2 Å². The largest absolute Gasteiger partial charge is 0.374 e. The van der Waals surface area contributed by atoms with E-state index in [1.165, 1.54) is 6.20 Å². The van der Waals surface area contributed by atoms with Gasteiger partial charge in [-0.1, -0.05) is 41.9 Å². The van der Waals surface area contributed by atoms with Crippen LogP contribution in [0, 0.1) is 5.82 Å². The highest BCUT2D eigenvalue weighted by Gasteiger charge is 2.39. The molecule has 4 rings (SSSR count). The summed E-state index contributed by atoms with van der Waals surface area (Å²) in [5, 5.41) is 5.27. The van der Waals surface area contributed by atoms with Crippen molar-refractivity contribution in [1.82, 2.24) is 4.98 Å². The van der Waals surface area contributed by atoms with Gasteiger partial charge in [-0.05, 0) is 37.0 Å². The van der Waals surface area contributed by atoms with E-state index in [0.717, 1.165) is 48.3 Å². The molecule has 0 bridgehead atoms. The monoisotopic (exact) mass is 437 g/mol. The number of hydrogen-bond donors (Lipinski definition) is 2. The number of halogens is 2. The summed E-state index contributed by atoms with van der Waals surface area (Å²) in [5.74, 6) is -0.876. The van der Waals surface area contributed by atoms with Crippen molar-refractivity contribution in [1.29, 1.82) is 0 Å². The summed E-state index contributed by atoms with van der Waals surface area (Å²) in [6.45, 7) is 0. The lowest BCUT2D eigenvalue weighted by Crippen LogP contribution is -2.42. The SMILES string of the molecule is O=S(=O)(Nc1nccs1)c1cc(Cl)c(NC2(c3ccccc3)CCC2)cc1F. The molecule has 0 unspecified atom stereocenters. The van der Waals surface area contributed by atoms with Gasteiger partial charge in [0, 0.05) is 11.6 Å². The van der Waals surface area contributed by atoms with Crippen LogP contribution in [0.25, 0.3) is 0 Å². The van der Waals surface area contributed by atoms with Crippen molar-refractivity contribution in [2.24, 2.45) is 0 Å². The van der Waals surface area contributed by atoms with Crippen molar-refractivity contribution >= 4 is 43.8 Å². The molecule has 1 aliphatic carbocycles. The molecule has 9 heteroatoms. The van der Waals surface area contributed by atoms with Crippen LogP contribution in [0.3, 0.4) is 0 Å². The molecule has 0 atom stereocenters. The van der Waals surface area contributed by atoms with Crippen LogP contribution < -0.4 is 10.0 Å². The third-order valence-electron chi connectivity index (χ3n) is 4.87. The maximum absolute atomic E-state index is 14.7. The van der Waals surface area contributed by atoms with Crippen molar-refractivity contribution in [3.63, 3.8) is 0 Å². The van der Waals surface area contributed by atoms with E-state index in [2.05, 4.69) is 15.0 Å². The molecule has 0 aliphatic heterocycles. The van der Waals surface area contributed by atoms with Gasteiger partial charge in [0.1, 0.15) is 10.7 Å². The van der Waals surface area contributed by atoms with Gasteiger partial charge in [0.25, 0.3) is 10.0 Å². The van der Waals surface area contributed by atoms with Crippen LogP contribution in [0.2, 0.25) is 5.02 Å². The molecule has 1 aromatic heterocycles. The van der Waals surface area contributed by atoms with E-state index in [9.17, 15) is 12.8 Å². The van der Waals surface area contributed by atoms with Gasteiger partial charge in [-0.25, -0.2) is 17.8 Å². The second-order valence-corrected chi connectivity index (χ2v) is 9.58. The Morgan fingerprint density at radius 1 is 1.18 bits per heavy atom. The maximum atomic E-state index is 14.7. The summed E-state index contributed by atoms with van der Waals surface area (Å²) < 4.78 is 42.0. The molecule has 1 fully saturated rings. The molecular formula is C19H17ClFN3O2S2. The molecular weight excluding hydrogens is 421 g/mol.